The van der Waals surface area contributed by atoms with Crippen LogP contribution in [0.1, 0.15) is 41.9 Å². The van der Waals surface area contributed by atoms with Gasteiger partial charge in [-0.05, 0) is 49.7 Å². The molecule has 0 saturated carbocycles. The van der Waals surface area contributed by atoms with Gasteiger partial charge in [-0.25, -0.2) is 10.1 Å². The Morgan fingerprint density at radius 1 is 1.21 bits per heavy atom. The highest BCUT2D eigenvalue weighted by atomic mass is 16.5. The number of benzene rings is 1. The fourth-order valence-corrected chi connectivity index (χ4v) is 2.96. The van der Waals surface area contributed by atoms with Gasteiger partial charge in [-0.1, -0.05) is 13.3 Å². The van der Waals surface area contributed by atoms with Crippen molar-refractivity contribution < 1.29 is 9.53 Å². The van der Waals surface area contributed by atoms with E-state index in [1.165, 1.54) is 17.1 Å². The number of methoxy groups -OCH3 is 1. The first-order chi connectivity index (χ1) is 14.0. The molecule has 0 aliphatic heterocycles. The van der Waals surface area contributed by atoms with Gasteiger partial charge < -0.3 is 4.74 Å². The van der Waals surface area contributed by atoms with E-state index >= 15 is 0 Å². The normalized spacial score (nSPS) is 11.3. The van der Waals surface area contributed by atoms with E-state index in [0.717, 1.165) is 12.1 Å². The van der Waals surface area contributed by atoms with Crippen LogP contribution >= 0.6 is 0 Å². The lowest BCUT2D eigenvalue weighted by Crippen LogP contribution is -2.23. The van der Waals surface area contributed by atoms with Crippen LogP contribution in [0.25, 0.3) is 5.69 Å². The second kappa shape index (κ2) is 9.01. The molecule has 0 bridgehead atoms. The number of rotatable bonds is 7. The van der Waals surface area contributed by atoms with Crippen LogP contribution in [0.2, 0.25) is 0 Å². The van der Waals surface area contributed by atoms with Gasteiger partial charge in [0, 0.05) is 23.7 Å². The quantitative estimate of drug-likeness (QED) is 0.476. The van der Waals surface area contributed by atoms with Crippen LogP contribution in [0.4, 0.5) is 0 Å². The summed E-state index contributed by atoms with van der Waals surface area (Å²) in [5, 5.41) is 7.32. The average molecular weight is 393 g/mol. The number of aromatic amines is 1. The van der Waals surface area contributed by atoms with Gasteiger partial charge in [-0.2, -0.15) is 5.10 Å². The molecule has 8 heteroatoms. The topological polar surface area (TPSA) is 101 Å². The van der Waals surface area contributed by atoms with Gasteiger partial charge in [0.05, 0.1) is 24.1 Å². The van der Waals surface area contributed by atoms with Gasteiger partial charge in [0.25, 0.3) is 11.5 Å². The SMILES string of the molecule is CCCc1[nH]n(-c2ccc(OC)cc2)c(=O)c1C(C)=NNC(=O)c1ccncc1. The fourth-order valence-electron chi connectivity index (χ4n) is 2.96. The van der Waals surface area contributed by atoms with Crippen molar-refractivity contribution in [1.82, 2.24) is 20.2 Å². The predicted octanol–water partition coefficient (Wildman–Crippen LogP) is 2.68. The van der Waals surface area contributed by atoms with E-state index < -0.39 is 0 Å². The van der Waals surface area contributed by atoms with Gasteiger partial charge >= 0.3 is 0 Å². The van der Waals surface area contributed by atoms with E-state index in [0.29, 0.717) is 34.7 Å². The minimum atomic E-state index is -0.366. The minimum absolute atomic E-state index is 0.224. The number of nitrogens with zero attached hydrogens (tertiary/aromatic N) is 3. The molecule has 0 saturated heterocycles. The van der Waals surface area contributed by atoms with E-state index in [1.54, 1.807) is 50.4 Å². The zero-order valence-electron chi connectivity index (χ0n) is 16.6. The van der Waals surface area contributed by atoms with E-state index in [9.17, 15) is 9.59 Å². The first-order valence-electron chi connectivity index (χ1n) is 9.28. The molecule has 0 unspecified atom stereocenters. The third-order valence-corrected chi connectivity index (χ3v) is 4.43. The molecule has 29 heavy (non-hydrogen) atoms. The molecule has 2 heterocycles. The molecule has 0 fully saturated rings. The summed E-state index contributed by atoms with van der Waals surface area (Å²) >= 11 is 0. The van der Waals surface area contributed by atoms with Crippen LogP contribution in [0.3, 0.4) is 0 Å². The third kappa shape index (κ3) is 4.43. The molecule has 2 N–H and O–H groups in total. The van der Waals surface area contributed by atoms with Crippen LogP contribution in [0, 0.1) is 0 Å². The van der Waals surface area contributed by atoms with Crippen molar-refractivity contribution >= 4 is 11.6 Å². The van der Waals surface area contributed by atoms with Gasteiger partial charge in [0.1, 0.15) is 5.75 Å². The number of hydrogen-bond donors (Lipinski definition) is 2. The molecular formula is C21H23N5O3. The Morgan fingerprint density at radius 2 is 1.90 bits per heavy atom. The molecule has 0 radical (unpaired) electrons. The van der Waals surface area contributed by atoms with Gasteiger partial charge in [-0.3, -0.25) is 19.7 Å². The highest BCUT2D eigenvalue weighted by Crippen LogP contribution is 2.15. The zero-order chi connectivity index (χ0) is 20.8. The highest BCUT2D eigenvalue weighted by molar-refractivity contribution is 6.01. The van der Waals surface area contributed by atoms with Crippen LogP contribution in [0.5, 0.6) is 5.75 Å². The van der Waals surface area contributed by atoms with Crippen LogP contribution in [-0.4, -0.2) is 33.5 Å². The van der Waals surface area contributed by atoms with Crippen LogP contribution < -0.4 is 15.7 Å². The first kappa shape index (κ1) is 20.1. The molecule has 2 aromatic heterocycles. The predicted molar refractivity (Wildman–Crippen MR) is 111 cm³/mol. The van der Waals surface area contributed by atoms with Crippen molar-refractivity contribution in [3.63, 3.8) is 0 Å². The van der Waals surface area contributed by atoms with E-state index in [-0.39, 0.29) is 11.5 Å². The summed E-state index contributed by atoms with van der Waals surface area (Å²) in [7, 11) is 1.59. The fraction of sp³-hybridized carbons (Fsp3) is 0.238. The molecule has 1 aromatic carbocycles. The van der Waals surface area contributed by atoms with Crippen molar-refractivity contribution in [2.75, 3.05) is 7.11 Å². The first-order valence-corrected chi connectivity index (χ1v) is 9.28. The smallest absolute Gasteiger partial charge is 0.280 e. The van der Waals surface area contributed by atoms with Crippen LogP contribution in [-0.2, 0) is 6.42 Å². The maximum Gasteiger partial charge on any atom is 0.280 e. The standard InChI is InChI=1S/C21H23N5O3/c1-4-5-18-19(14(2)23-24-20(27)15-10-12-22-13-11-15)21(28)26(25-18)16-6-8-17(29-3)9-7-16/h6-13,25H,4-5H2,1-3H3,(H,24,27). The Kier molecular flexibility index (Phi) is 6.23. The Balaban J connectivity index is 1.93. The largest absolute Gasteiger partial charge is 0.497 e. The summed E-state index contributed by atoms with van der Waals surface area (Å²) in [6.07, 6.45) is 4.60. The number of nitrogens with one attached hydrogen (secondary N) is 2. The number of hydrazone groups is 1. The number of carbonyl (C=O) groups excluding carboxylic acids is 1. The van der Waals surface area contributed by atoms with E-state index in [1.807, 2.05) is 6.92 Å². The molecule has 0 spiro atoms. The van der Waals surface area contributed by atoms with Crippen molar-refractivity contribution in [3.05, 3.63) is 76.0 Å². The number of amides is 1. The average Bonchev–Trinajstić information content (AvgIpc) is 3.08. The summed E-state index contributed by atoms with van der Waals surface area (Å²) in [4.78, 5) is 29.2. The van der Waals surface area contributed by atoms with Crippen molar-refractivity contribution in [2.24, 2.45) is 5.10 Å². The number of aryl methyl sites for hydroxylation is 1. The lowest BCUT2D eigenvalue weighted by molar-refractivity contribution is 0.0954. The monoisotopic (exact) mass is 393 g/mol. The van der Waals surface area contributed by atoms with Gasteiger partial charge in [0.15, 0.2) is 0 Å². The van der Waals surface area contributed by atoms with Crippen LogP contribution in [0.15, 0.2) is 58.7 Å². The van der Waals surface area contributed by atoms with Crippen molar-refractivity contribution in [3.8, 4) is 11.4 Å². The van der Waals surface area contributed by atoms with Crippen molar-refractivity contribution in [1.29, 1.82) is 0 Å². The summed E-state index contributed by atoms with van der Waals surface area (Å²) in [5.41, 5.74) is 5.07. The lowest BCUT2D eigenvalue weighted by Gasteiger charge is -2.03. The maximum atomic E-state index is 13.1. The highest BCUT2D eigenvalue weighted by Gasteiger charge is 2.18. The summed E-state index contributed by atoms with van der Waals surface area (Å²) in [6.45, 7) is 3.74. The van der Waals surface area contributed by atoms with E-state index in [2.05, 4.69) is 20.6 Å². The number of aromatic nitrogens is 3. The molecule has 3 rings (SSSR count). The molecule has 3 aromatic rings. The Hall–Kier alpha value is -3.68. The number of pyridine rings is 1. The minimum Gasteiger partial charge on any atom is -0.497 e. The summed E-state index contributed by atoms with van der Waals surface area (Å²) < 4.78 is 6.65. The van der Waals surface area contributed by atoms with Gasteiger partial charge in [-0.15, -0.1) is 0 Å². The number of ether oxygens (including phenoxy) is 1. The lowest BCUT2D eigenvalue weighted by atomic mass is 10.1. The molecule has 8 nitrogen and oxygen atoms in total. The number of carbonyl (C=O) groups is 1. The third-order valence-electron chi connectivity index (χ3n) is 4.43. The number of H-pyrrole nitrogens is 1. The molecule has 0 atom stereocenters. The maximum absolute atomic E-state index is 13.1. The second-order valence-corrected chi connectivity index (χ2v) is 6.43. The molecule has 1 amide bonds. The van der Waals surface area contributed by atoms with Crippen molar-refractivity contribution in [2.45, 2.75) is 26.7 Å². The summed E-state index contributed by atoms with van der Waals surface area (Å²) in [5.74, 6) is 0.341. The zero-order valence-corrected chi connectivity index (χ0v) is 16.6. The second-order valence-electron chi connectivity index (χ2n) is 6.43. The Morgan fingerprint density at radius 3 is 2.52 bits per heavy atom. The Labute approximate surface area is 168 Å². The molecule has 150 valence electrons. The molecule has 0 aliphatic rings. The molecule has 0 aliphatic carbocycles. The van der Waals surface area contributed by atoms with Gasteiger partial charge in [0.2, 0.25) is 0 Å². The number of hydrogen-bond acceptors (Lipinski definition) is 5. The Bertz CT molecular complexity index is 1070. The van der Waals surface area contributed by atoms with E-state index in [4.69, 9.17) is 4.74 Å². The molecular weight excluding hydrogens is 370 g/mol. The summed E-state index contributed by atoms with van der Waals surface area (Å²) in [6, 6.07) is 10.4.